The molecule has 1 aromatic heterocycles. The molecule has 0 bridgehead atoms. The minimum Gasteiger partial charge on any atom is -0.271 e. The highest BCUT2D eigenvalue weighted by atomic mass is 127. The Morgan fingerprint density at radius 2 is 1.81 bits per heavy atom. The molecule has 0 amide bonds. The quantitative estimate of drug-likeness (QED) is 0.393. The average Bonchev–Trinajstić information content (AvgIpc) is 3.26. The van der Waals surface area contributed by atoms with Crippen LogP contribution in [0.4, 0.5) is 13.2 Å². The number of nitrogens with zero attached hydrogens (tertiary/aromatic N) is 2. The molecule has 0 N–H and O–H groups in total. The lowest BCUT2D eigenvalue weighted by Gasteiger charge is -2.21. The number of aromatic nitrogens is 2. The molecule has 3 aromatic rings. The van der Waals surface area contributed by atoms with E-state index in [0.29, 0.717) is 14.7 Å². The Kier molecular flexibility index (Phi) is 4.54. The standard InChI is InChI=1S/C20H15ClF3IN2/c1-10-17(13-4-3-11(22)7-14(13)21)19(27(2)26-10)20(5-6-20)18-15(24)8-12(23)9-16(18)25/h3-4,7-9H,5-6H2,1-2H3. The molecule has 0 radical (unpaired) electrons. The van der Waals surface area contributed by atoms with Crippen molar-refractivity contribution in [1.82, 2.24) is 9.78 Å². The molecule has 140 valence electrons. The van der Waals surface area contributed by atoms with Crippen LogP contribution in [0.5, 0.6) is 0 Å². The van der Waals surface area contributed by atoms with Gasteiger partial charge in [0.15, 0.2) is 0 Å². The zero-order valence-electron chi connectivity index (χ0n) is 14.6. The van der Waals surface area contributed by atoms with Crippen LogP contribution in [-0.2, 0) is 12.5 Å². The summed E-state index contributed by atoms with van der Waals surface area (Å²) in [6, 6.07) is 6.49. The van der Waals surface area contributed by atoms with E-state index in [4.69, 9.17) is 11.6 Å². The third-order valence-electron chi connectivity index (χ3n) is 5.11. The van der Waals surface area contributed by atoms with Crippen molar-refractivity contribution < 1.29 is 13.2 Å². The van der Waals surface area contributed by atoms with E-state index >= 15 is 0 Å². The highest BCUT2D eigenvalue weighted by molar-refractivity contribution is 14.1. The maximum absolute atomic E-state index is 14.8. The second kappa shape index (κ2) is 6.51. The van der Waals surface area contributed by atoms with Crippen molar-refractivity contribution in [2.75, 3.05) is 0 Å². The van der Waals surface area contributed by atoms with Crippen LogP contribution in [-0.4, -0.2) is 9.78 Å². The molecule has 1 saturated carbocycles. The van der Waals surface area contributed by atoms with Gasteiger partial charge in [-0.3, -0.25) is 4.68 Å². The zero-order chi connectivity index (χ0) is 19.5. The van der Waals surface area contributed by atoms with E-state index in [1.165, 1.54) is 18.2 Å². The van der Waals surface area contributed by atoms with Crippen LogP contribution in [0.3, 0.4) is 0 Å². The highest BCUT2D eigenvalue weighted by Gasteiger charge is 2.52. The van der Waals surface area contributed by atoms with E-state index in [1.807, 2.05) is 29.5 Å². The van der Waals surface area contributed by atoms with Crippen LogP contribution in [0.25, 0.3) is 11.1 Å². The molecule has 2 nitrogen and oxygen atoms in total. The number of hydrogen-bond donors (Lipinski definition) is 0. The molecular formula is C20H15ClF3IN2. The van der Waals surface area contributed by atoms with Gasteiger partial charge in [-0.1, -0.05) is 11.6 Å². The van der Waals surface area contributed by atoms with Gasteiger partial charge >= 0.3 is 0 Å². The average molecular weight is 503 g/mol. The Balaban J connectivity index is 1.99. The first-order valence-electron chi connectivity index (χ1n) is 8.39. The van der Waals surface area contributed by atoms with Crippen molar-refractivity contribution >= 4 is 34.2 Å². The van der Waals surface area contributed by atoms with Crippen LogP contribution in [0.2, 0.25) is 5.02 Å². The van der Waals surface area contributed by atoms with Gasteiger partial charge in [-0.15, -0.1) is 0 Å². The Labute approximate surface area is 173 Å². The fraction of sp³-hybridized carbons (Fsp3) is 0.250. The molecule has 0 aliphatic heterocycles. The van der Waals surface area contributed by atoms with Gasteiger partial charge in [-0.25, -0.2) is 13.2 Å². The van der Waals surface area contributed by atoms with Crippen molar-refractivity contribution in [1.29, 1.82) is 0 Å². The molecule has 0 saturated heterocycles. The number of rotatable bonds is 3. The maximum atomic E-state index is 14.8. The van der Waals surface area contributed by atoms with Gasteiger partial charge in [0.05, 0.1) is 16.4 Å². The van der Waals surface area contributed by atoms with Gasteiger partial charge in [0.25, 0.3) is 0 Å². The van der Waals surface area contributed by atoms with Crippen LogP contribution in [0, 0.1) is 27.9 Å². The second-order valence-corrected chi connectivity index (χ2v) is 8.45. The monoisotopic (exact) mass is 502 g/mol. The number of aryl methyl sites for hydroxylation is 2. The highest BCUT2D eigenvalue weighted by Crippen LogP contribution is 2.58. The number of hydrogen-bond acceptors (Lipinski definition) is 1. The number of halogens is 5. The largest absolute Gasteiger partial charge is 0.271 e. The SMILES string of the molecule is Cc1nn(C)c(C2(c3c(F)cc(F)cc3I)CC2)c1-c1ccc(F)cc1Cl. The lowest BCUT2D eigenvalue weighted by atomic mass is 9.86. The predicted molar refractivity (Wildman–Crippen MR) is 107 cm³/mol. The van der Waals surface area contributed by atoms with E-state index in [-0.39, 0.29) is 5.02 Å². The first kappa shape index (κ1) is 18.8. The molecule has 1 aliphatic rings. The molecule has 1 aliphatic carbocycles. The Morgan fingerprint density at radius 1 is 1.11 bits per heavy atom. The molecule has 7 heteroatoms. The molecule has 1 fully saturated rings. The first-order chi connectivity index (χ1) is 12.7. The Morgan fingerprint density at radius 3 is 2.41 bits per heavy atom. The lowest BCUT2D eigenvalue weighted by molar-refractivity contribution is 0.550. The van der Waals surface area contributed by atoms with Crippen molar-refractivity contribution in [3.63, 3.8) is 0 Å². The van der Waals surface area contributed by atoms with E-state index in [9.17, 15) is 13.2 Å². The third-order valence-corrected chi connectivity index (χ3v) is 6.27. The van der Waals surface area contributed by atoms with E-state index < -0.39 is 22.9 Å². The van der Waals surface area contributed by atoms with Gasteiger partial charge in [0, 0.05) is 38.8 Å². The molecular weight excluding hydrogens is 488 g/mol. The normalized spacial score (nSPS) is 15.2. The minimum atomic E-state index is -0.600. The molecule has 27 heavy (non-hydrogen) atoms. The van der Waals surface area contributed by atoms with Crippen LogP contribution < -0.4 is 0 Å². The van der Waals surface area contributed by atoms with Crippen LogP contribution >= 0.6 is 34.2 Å². The van der Waals surface area contributed by atoms with E-state index in [2.05, 4.69) is 5.10 Å². The molecule has 4 rings (SSSR count). The molecule has 2 aromatic carbocycles. The van der Waals surface area contributed by atoms with Crippen molar-refractivity contribution in [2.24, 2.45) is 7.05 Å². The van der Waals surface area contributed by atoms with E-state index in [0.717, 1.165) is 35.9 Å². The van der Waals surface area contributed by atoms with Gasteiger partial charge < -0.3 is 0 Å². The van der Waals surface area contributed by atoms with Gasteiger partial charge in [-0.05, 0) is 66.6 Å². The summed E-state index contributed by atoms with van der Waals surface area (Å²) in [6.45, 7) is 1.85. The minimum absolute atomic E-state index is 0.275. The molecule has 0 unspecified atom stereocenters. The fourth-order valence-corrected chi connectivity index (χ4v) is 5.28. The lowest BCUT2D eigenvalue weighted by Crippen LogP contribution is -2.19. The van der Waals surface area contributed by atoms with Gasteiger partial charge in [0.1, 0.15) is 17.5 Å². The van der Waals surface area contributed by atoms with Gasteiger partial charge in [-0.2, -0.15) is 5.10 Å². The van der Waals surface area contributed by atoms with Gasteiger partial charge in [0.2, 0.25) is 0 Å². The maximum Gasteiger partial charge on any atom is 0.131 e. The van der Waals surface area contributed by atoms with Crippen molar-refractivity contribution in [3.05, 3.63) is 73.3 Å². The molecule has 0 spiro atoms. The summed E-state index contributed by atoms with van der Waals surface area (Å²) in [4.78, 5) is 0. The van der Waals surface area contributed by atoms with E-state index in [1.54, 1.807) is 17.8 Å². The Hall–Kier alpha value is -1.54. The van der Waals surface area contributed by atoms with Crippen LogP contribution in [0.1, 0.15) is 29.8 Å². The summed E-state index contributed by atoms with van der Waals surface area (Å²) < 4.78 is 44.2. The Bertz CT molecular complexity index is 1050. The second-order valence-electron chi connectivity index (χ2n) is 6.88. The molecule has 0 atom stereocenters. The summed E-state index contributed by atoms with van der Waals surface area (Å²) in [6.07, 6.45) is 1.44. The zero-order valence-corrected chi connectivity index (χ0v) is 17.5. The van der Waals surface area contributed by atoms with Crippen molar-refractivity contribution in [3.8, 4) is 11.1 Å². The number of benzene rings is 2. The predicted octanol–water partition coefficient (Wildman–Crippen LogP) is 6.15. The third kappa shape index (κ3) is 2.97. The summed E-state index contributed by atoms with van der Waals surface area (Å²) in [5.74, 6) is -1.58. The summed E-state index contributed by atoms with van der Waals surface area (Å²) in [5.41, 5.74) is 2.85. The van der Waals surface area contributed by atoms with Crippen LogP contribution in [0.15, 0.2) is 30.3 Å². The fourth-order valence-electron chi connectivity index (χ4n) is 3.95. The summed E-state index contributed by atoms with van der Waals surface area (Å²) in [7, 11) is 1.80. The topological polar surface area (TPSA) is 17.8 Å². The summed E-state index contributed by atoms with van der Waals surface area (Å²) in [5, 5.41) is 4.80. The van der Waals surface area contributed by atoms with Crippen molar-refractivity contribution in [2.45, 2.75) is 25.2 Å². The summed E-state index contributed by atoms with van der Waals surface area (Å²) >= 11 is 8.29. The first-order valence-corrected chi connectivity index (χ1v) is 9.85. The molecule has 1 heterocycles. The smallest absolute Gasteiger partial charge is 0.131 e.